The predicted octanol–water partition coefficient (Wildman–Crippen LogP) is 3.89. The van der Waals surface area contributed by atoms with E-state index in [1.54, 1.807) is 6.92 Å². The Kier molecular flexibility index (Phi) is 6.72. The monoisotopic (exact) mass is 538 g/mol. The molecule has 12 heteroatoms. The highest BCUT2D eigenvalue weighted by Crippen LogP contribution is 2.32. The Bertz CT molecular complexity index is 1630. The molecule has 1 saturated heterocycles. The molecule has 0 bridgehead atoms. The highest BCUT2D eigenvalue weighted by Gasteiger charge is 2.36. The van der Waals surface area contributed by atoms with E-state index in [4.69, 9.17) is 4.74 Å². The third kappa shape index (κ3) is 4.54. The van der Waals surface area contributed by atoms with Gasteiger partial charge in [0.1, 0.15) is 22.3 Å². The Morgan fingerprint density at radius 1 is 1.13 bits per heavy atom. The number of amides is 2. The van der Waals surface area contributed by atoms with Gasteiger partial charge in [-0.2, -0.15) is 9.78 Å². The van der Waals surface area contributed by atoms with Crippen LogP contribution in [0, 0.1) is 17.6 Å². The number of hydrogen-bond acceptors (Lipinski definition) is 7. The molecule has 4 aromatic rings. The first-order valence-electron chi connectivity index (χ1n) is 11.6. The molecule has 5 rings (SSSR count). The average molecular weight is 539 g/mol. The summed E-state index contributed by atoms with van der Waals surface area (Å²) in [5, 5.41) is 8.51. The van der Waals surface area contributed by atoms with Crippen molar-refractivity contribution in [3.63, 3.8) is 0 Å². The van der Waals surface area contributed by atoms with Crippen molar-refractivity contribution in [3.05, 3.63) is 81.6 Å². The van der Waals surface area contributed by atoms with Crippen molar-refractivity contribution < 1.29 is 27.9 Å². The number of esters is 1. The normalized spacial score (nSPS) is 15.2. The van der Waals surface area contributed by atoms with Crippen LogP contribution >= 0.6 is 11.3 Å². The summed E-state index contributed by atoms with van der Waals surface area (Å²) in [5.74, 6) is -3.56. The van der Waals surface area contributed by atoms with Crippen LogP contribution in [-0.2, 0) is 14.3 Å². The number of aromatic nitrogens is 2. The highest BCUT2D eigenvalue weighted by atomic mass is 32.1. The average Bonchev–Trinajstić information content (AvgIpc) is 3.50. The zero-order valence-electron chi connectivity index (χ0n) is 19.9. The number of hydrogen-bond donors (Lipinski definition) is 1. The fraction of sp³-hybridized carbons (Fsp3) is 0.192. The topological polar surface area (TPSA) is 111 Å². The van der Waals surface area contributed by atoms with Crippen molar-refractivity contribution in [3.8, 4) is 5.69 Å². The molecule has 1 unspecified atom stereocenters. The number of halogens is 2. The first kappa shape index (κ1) is 25.2. The summed E-state index contributed by atoms with van der Waals surface area (Å²) in [4.78, 5) is 53.2. The van der Waals surface area contributed by atoms with Crippen LogP contribution in [0.4, 0.5) is 19.5 Å². The molecule has 2 aromatic heterocycles. The lowest BCUT2D eigenvalue weighted by atomic mass is 10.1. The summed E-state index contributed by atoms with van der Waals surface area (Å²) in [6, 6.07) is 10.8. The fourth-order valence-corrected chi connectivity index (χ4v) is 5.19. The van der Waals surface area contributed by atoms with E-state index in [1.165, 1.54) is 52.7 Å². The van der Waals surface area contributed by atoms with Crippen molar-refractivity contribution in [2.45, 2.75) is 13.3 Å². The van der Waals surface area contributed by atoms with Gasteiger partial charge in [0.05, 0.1) is 17.9 Å². The number of anilines is 2. The maximum absolute atomic E-state index is 14.6. The van der Waals surface area contributed by atoms with Gasteiger partial charge in [0, 0.05) is 29.4 Å². The Morgan fingerprint density at radius 2 is 1.87 bits per heavy atom. The number of thiophene rings is 1. The second-order valence-corrected chi connectivity index (χ2v) is 9.34. The lowest BCUT2D eigenvalue weighted by Crippen LogP contribution is -2.29. The van der Waals surface area contributed by atoms with E-state index in [0.29, 0.717) is 5.69 Å². The summed E-state index contributed by atoms with van der Waals surface area (Å²) < 4.78 is 33.7. The van der Waals surface area contributed by atoms with Crippen LogP contribution in [-0.4, -0.2) is 40.7 Å². The van der Waals surface area contributed by atoms with E-state index in [9.17, 15) is 28.0 Å². The van der Waals surface area contributed by atoms with E-state index in [2.05, 4.69) is 10.4 Å². The Morgan fingerprint density at radius 3 is 2.58 bits per heavy atom. The number of carbonyl (C=O) groups excluding carboxylic acids is 3. The number of carbonyl (C=O) groups is 3. The number of nitrogens with one attached hydrogen (secondary N) is 1. The predicted molar refractivity (Wildman–Crippen MR) is 137 cm³/mol. The fourth-order valence-electron chi connectivity index (χ4n) is 4.25. The van der Waals surface area contributed by atoms with E-state index >= 15 is 0 Å². The number of rotatable bonds is 6. The maximum atomic E-state index is 14.6. The van der Waals surface area contributed by atoms with Crippen LogP contribution in [0.2, 0.25) is 0 Å². The van der Waals surface area contributed by atoms with E-state index in [1.807, 2.05) is 0 Å². The lowest BCUT2D eigenvalue weighted by Gasteiger charge is -2.16. The lowest BCUT2D eigenvalue weighted by molar-refractivity contribution is -0.122. The van der Waals surface area contributed by atoms with E-state index < -0.39 is 35.0 Å². The summed E-state index contributed by atoms with van der Waals surface area (Å²) in [6.45, 7) is 1.73. The quantitative estimate of drug-likeness (QED) is 0.373. The number of fused-ring (bicyclic) bond motifs is 1. The molecule has 9 nitrogen and oxygen atoms in total. The van der Waals surface area contributed by atoms with Gasteiger partial charge >= 0.3 is 5.97 Å². The molecule has 38 heavy (non-hydrogen) atoms. The van der Waals surface area contributed by atoms with Crippen LogP contribution in [0.15, 0.2) is 58.7 Å². The molecular formula is C26H20F2N4O5S. The minimum atomic E-state index is -0.811. The smallest absolute Gasteiger partial charge is 0.359 e. The Hall–Kier alpha value is -4.45. The van der Waals surface area contributed by atoms with E-state index in [-0.39, 0.29) is 52.6 Å². The third-order valence-corrected chi connectivity index (χ3v) is 6.97. The summed E-state index contributed by atoms with van der Waals surface area (Å²) in [7, 11) is 0. The molecular weight excluding hydrogens is 518 g/mol. The molecule has 3 heterocycles. The second-order valence-electron chi connectivity index (χ2n) is 8.46. The summed E-state index contributed by atoms with van der Waals surface area (Å²) in [5.41, 5.74) is -0.666. The van der Waals surface area contributed by atoms with E-state index in [0.717, 1.165) is 22.1 Å². The van der Waals surface area contributed by atoms with Crippen LogP contribution in [0.1, 0.15) is 23.8 Å². The zero-order valence-corrected chi connectivity index (χ0v) is 20.8. The molecule has 194 valence electrons. The first-order chi connectivity index (χ1) is 18.3. The Labute approximate surface area is 218 Å². The van der Waals surface area contributed by atoms with Gasteiger partial charge in [-0.1, -0.05) is 12.1 Å². The molecule has 1 aliphatic heterocycles. The van der Waals surface area contributed by atoms with Crippen molar-refractivity contribution in [1.82, 2.24) is 9.78 Å². The minimum Gasteiger partial charge on any atom is -0.461 e. The van der Waals surface area contributed by atoms with Gasteiger partial charge in [-0.3, -0.25) is 14.4 Å². The Balaban J connectivity index is 1.51. The zero-order chi connectivity index (χ0) is 27.0. The number of nitrogens with zero attached hydrogens (tertiary/aromatic N) is 3. The molecule has 0 spiro atoms. The SMILES string of the molecule is CCOC(=O)c1nn(-c2ccccc2F)c(=O)c2c(NC(=O)C3CC(=O)N(c4ccc(F)cc4)C3)scc12. The highest BCUT2D eigenvalue weighted by molar-refractivity contribution is 7.16. The van der Waals surface area contributed by atoms with Crippen molar-refractivity contribution in [2.75, 3.05) is 23.4 Å². The molecule has 2 amide bonds. The van der Waals surface area contributed by atoms with Crippen LogP contribution in [0.3, 0.4) is 0 Å². The second kappa shape index (κ2) is 10.1. The van der Waals surface area contributed by atoms with Crippen LogP contribution < -0.4 is 15.8 Å². The first-order valence-corrected chi connectivity index (χ1v) is 12.5. The van der Waals surface area contributed by atoms with Crippen molar-refractivity contribution >= 4 is 50.6 Å². The molecule has 2 aromatic carbocycles. The van der Waals surface area contributed by atoms with Crippen molar-refractivity contribution in [1.29, 1.82) is 0 Å². The van der Waals surface area contributed by atoms with Gasteiger partial charge in [-0.05, 0) is 43.3 Å². The molecule has 1 N–H and O–H groups in total. The number of para-hydroxylation sites is 1. The summed E-state index contributed by atoms with van der Waals surface area (Å²) in [6.07, 6.45) is -0.0817. The maximum Gasteiger partial charge on any atom is 0.359 e. The van der Waals surface area contributed by atoms with Gasteiger partial charge in [-0.15, -0.1) is 11.3 Å². The largest absolute Gasteiger partial charge is 0.461 e. The van der Waals surface area contributed by atoms with Gasteiger partial charge in [0.2, 0.25) is 11.8 Å². The minimum absolute atomic E-state index is 0.0376. The van der Waals surface area contributed by atoms with Gasteiger partial charge in [0.25, 0.3) is 5.56 Å². The van der Waals surface area contributed by atoms with Crippen LogP contribution in [0.5, 0.6) is 0 Å². The van der Waals surface area contributed by atoms with Crippen LogP contribution in [0.25, 0.3) is 16.5 Å². The molecule has 1 fully saturated rings. The standard InChI is InChI=1S/C26H20F2N4O5S/c1-2-37-26(36)22-17-13-38-24(21(17)25(35)32(30-22)19-6-4-3-5-18(19)28)29-23(34)14-11-20(33)31(12-14)16-9-7-15(27)8-10-16/h3-10,13-14H,2,11-12H2,1H3,(H,29,34). The van der Waals surface area contributed by atoms with Gasteiger partial charge < -0.3 is 15.0 Å². The van der Waals surface area contributed by atoms with Gasteiger partial charge in [-0.25, -0.2) is 13.6 Å². The van der Waals surface area contributed by atoms with Gasteiger partial charge in [0.15, 0.2) is 5.69 Å². The molecule has 1 atom stereocenters. The van der Waals surface area contributed by atoms with Crippen molar-refractivity contribution in [2.24, 2.45) is 5.92 Å². The molecule has 0 aliphatic carbocycles. The number of benzene rings is 2. The third-order valence-electron chi connectivity index (χ3n) is 6.07. The molecule has 0 radical (unpaired) electrons. The number of ether oxygens (including phenoxy) is 1. The summed E-state index contributed by atoms with van der Waals surface area (Å²) >= 11 is 0.994. The molecule has 1 aliphatic rings. The molecule has 0 saturated carbocycles.